The Bertz CT molecular complexity index is 2390. The first-order chi connectivity index (χ1) is 36.6. The summed E-state index contributed by atoms with van der Waals surface area (Å²) >= 11 is 3.53. The highest BCUT2D eigenvalue weighted by molar-refractivity contribution is 9.10. The molecule has 5 N–H and O–H groups in total. The molecule has 2 aliphatic heterocycles. The molecule has 0 saturated carbocycles. The molecule has 0 aromatic heterocycles. The second-order valence-corrected chi connectivity index (χ2v) is 23.6. The van der Waals surface area contributed by atoms with Gasteiger partial charge in [-0.3, -0.25) is 38.5 Å². The smallest absolute Gasteiger partial charge is 0.332 e. The van der Waals surface area contributed by atoms with Crippen molar-refractivity contribution in [2.45, 2.75) is 181 Å². The Morgan fingerprint density at radius 2 is 1.29 bits per heavy atom. The van der Waals surface area contributed by atoms with Crippen LogP contribution in [0.5, 0.6) is 0 Å². The Labute approximate surface area is 471 Å². The molecule has 2 heterocycles. The van der Waals surface area contributed by atoms with Crippen molar-refractivity contribution in [1.29, 1.82) is 0 Å². The Morgan fingerprint density at radius 3 is 1.87 bits per heavy atom. The van der Waals surface area contributed by atoms with Crippen LogP contribution in [0.4, 0.5) is 0 Å². The molecule has 2 saturated heterocycles. The van der Waals surface area contributed by atoms with Gasteiger partial charge in [0.15, 0.2) is 12.1 Å². The molecule has 8 unspecified atom stereocenters. The zero-order chi connectivity index (χ0) is 58.5. The van der Waals surface area contributed by atoms with E-state index in [1.807, 2.05) is 89.2 Å². The molecule has 0 radical (unpaired) electrons. The molecule has 20 heteroatoms. The van der Waals surface area contributed by atoms with E-state index in [-0.39, 0.29) is 57.0 Å². The van der Waals surface area contributed by atoms with Crippen molar-refractivity contribution in [3.05, 3.63) is 70.2 Å². The number of nitrogens with one attached hydrogen (secondary N) is 3. The van der Waals surface area contributed by atoms with Crippen molar-refractivity contribution in [2.24, 2.45) is 23.7 Å². The standard InChI is InChI=1S/C58H89BrN8O11/c1-15-22-44-51(70)61-43(31-38-23-19-18-20-24-38)52(71)65(13)45(32-39-25-21-26-41(59)30-39)54(73)67-28-27-40(33-67)50(69)62-46(35(6)16-2)55(74)63(11)37(8)49(68)60-42(29-34(4)5)53(72)66(14)48(58(9,10)77)57(76)78-47(36(7)17-3)56(75)64(44)12/h18-21,23-26,30,34-37,40,42-48,55,74,77H,15-17,22,27-29,31-33H2,1-14H3,(H,60,68)(H,61,70)(H,62,69)/t35?,36-,37+,40?,42?,43?,44+,45+,46?,47?,48?,55?/m1/s1. The minimum absolute atomic E-state index is 0.0177. The summed E-state index contributed by atoms with van der Waals surface area (Å²) in [4.78, 5) is 124. The van der Waals surface area contributed by atoms with Gasteiger partial charge >= 0.3 is 5.97 Å². The van der Waals surface area contributed by atoms with Gasteiger partial charge in [-0.2, -0.15) is 0 Å². The van der Waals surface area contributed by atoms with Crippen LogP contribution in [0.15, 0.2) is 59.1 Å². The van der Waals surface area contributed by atoms with Crippen molar-refractivity contribution in [3.8, 4) is 0 Å². The van der Waals surface area contributed by atoms with Crippen molar-refractivity contribution in [3.63, 3.8) is 0 Å². The van der Waals surface area contributed by atoms with Gasteiger partial charge in [0.2, 0.25) is 35.4 Å². The number of rotatable bonds is 13. The summed E-state index contributed by atoms with van der Waals surface area (Å²) in [6, 6.07) is 8.05. The van der Waals surface area contributed by atoms with Crippen LogP contribution in [0.2, 0.25) is 0 Å². The third-order valence-electron chi connectivity index (χ3n) is 15.8. The summed E-state index contributed by atoms with van der Waals surface area (Å²) in [5.41, 5.74) is -0.499. The highest BCUT2D eigenvalue weighted by Gasteiger charge is 2.47. The van der Waals surface area contributed by atoms with Gasteiger partial charge in [0.1, 0.15) is 30.4 Å². The number of esters is 1. The van der Waals surface area contributed by atoms with E-state index >= 15 is 9.59 Å². The molecule has 78 heavy (non-hydrogen) atoms. The monoisotopic (exact) mass is 1150 g/mol. The molecule has 2 bridgehead atoms. The van der Waals surface area contributed by atoms with Crippen LogP contribution in [-0.4, -0.2) is 184 Å². The molecule has 0 spiro atoms. The fourth-order valence-corrected chi connectivity index (χ4v) is 10.8. The minimum atomic E-state index is -1.95. The number of halogens is 1. The number of aliphatic hydroxyl groups excluding tert-OH is 1. The average molecular weight is 1150 g/mol. The number of likely N-dealkylation sites (N-methyl/N-ethyl adjacent to an activating group) is 4. The fourth-order valence-electron chi connectivity index (χ4n) is 10.3. The first-order valence-electron chi connectivity index (χ1n) is 27.7. The minimum Gasteiger partial charge on any atom is -0.450 e. The largest absolute Gasteiger partial charge is 0.450 e. The van der Waals surface area contributed by atoms with Gasteiger partial charge in [-0.15, -0.1) is 0 Å². The summed E-state index contributed by atoms with van der Waals surface area (Å²) in [6.45, 7) is 17.2. The van der Waals surface area contributed by atoms with E-state index in [0.717, 1.165) is 14.9 Å². The van der Waals surface area contributed by atoms with Crippen LogP contribution >= 0.6 is 15.9 Å². The van der Waals surface area contributed by atoms with E-state index < -0.39 is 119 Å². The number of ether oxygens (including phenoxy) is 1. The van der Waals surface area contributed by atoms with E-state index in [9.17, 15) is 39.0 Å². The normalized spacial score (nSPS) is 27.7. The first-order valence-corrected chi connectivity index (χ1v) is 28.5. The molecular weight excluding hydrogens is 1060 g/mol. The van der Waals surface area contributed by atoms with Gasteiger partial charge in [-0.1, -0.05) is 120 Å². The highest BCUT2D eigenvalue weighted by Crippen LogP contribution is 2.27. The summed E-state index contributed by atoms with van der Waals surface area (Å²) in [7, 11) is 5.78. The lowest BCUT2D eigenvalue weighted by atomic mass is 9.94. The van der Waals surface area contributed by atoms with E-state index in [0.29, 0.717) is 24.8 Å². The number of cyclic esters (lactones) is 1. The third-order valence-corrected chi connectivity index (χ3v) is 16.3. The SMILES string of the molecule is CCC[C@H]1C(=O)NC(Cc2ccccc2)C(=O)N(C)[C@@H](Cc2cccc(Br)c2)C(=O)N2CCC(C2)C(=O)NC(C(C)CC)C(O)N(C)[C@@H](C)C(=O)NC(CC(C)C)C(=O)N(C)C(C(C)(C)O)C(=O)OC([C@H](C)CC)C(=O)N1C. The van der Waals surface area contributed by atoms with Crippen molar-refractivity contribution < 1.29 is 53.3 Å². The van der Waals surface area contributed by atoms with Crippen LogP contribution in [0, 0.1) is 23.7 Å². The molecule has 7 amide bonds. The number of aliphatic hydroxyl groups is 2. The van der Waals surface area contributed by atoms with Gasteiger partial charge in [0.25, 0.3) is 5.91 Å². The van der Waals surface area contributed by atoms with Crippen LogP contribution in [-0.2, 0) is 55.9 Å². The number of hydrogen-bond acceptors (Lipinski definition) is 12. The third kappa shape index (κ3) is 16.8. The summed E-state index contributed by atoms with van der Waals surface area (Å²) in [6.07, 6.45) is -0.936. The Hall–Kier alpha value is -5.44. The van der Waals surface area contributed by atoms with Crippen LogP contribution in [0.3, 0.4) is 0 Å². The number of benzene rings is 2. The predicted molar refractivity (Wildman–Crippen MR) is 301 cm³/mol. The predicted octanol–water partition coefficient (Wildman–Crippen LogP) is 4.29. The maximum absolute atomic E-state index is 15.2. The van der Waals surface area contributed by atoms with Crippen molar-refractivity contribution >= 4 is 63.2 Å². The topological polar surface area (TPSA) is 239 Å². The summed E-state index contributed by atoms with van der Waals surface area (Å²) in [5.74, 6) is -7.03. The second kappa shape index (κ2) is 29.1. The maximum Gasteiger partial charge on any atom is 0.332 e. The molecular formula is C58H89BrN8O11. The van der Waals surface area contributed by atoms with E-state index in [1.54, 1.807) is 25.7 Å². The Kier molecular flexibility index (Phi) is 24.3. The van der Waals surface area contributed by atoms with Crippen molar-refractivity contribution in [2.75, 3.05) is 41.3 Å². The van der Waals surface area contributed by atoms with Crippen molar-refractivity contribution in [1.82, 2.24) is 40.4 Å². The summed E-state index contributed by atoms with van der Waals surface area (Å²) < 4.78 is 6.83. The molecule has 434 valence electrons. The van der Waals surface area contributed by atoms with Gasteiger partial charge in [0, 0.05) is 57.5 Å². The quantitative estimate of drug-likeness (QED) is 0.177. The average Bonchev–Trinajstić information content (AvgIpc) is 3.93. The lowest BCUT2D eigenvalue weighted by molar-refractivity contribution is -0.177. The maximum atomic E-state index is 15.2. The summed E-state index contributed by atoms with van der Waals surface area (Å²) in [5, 5.41) is 32.5. The first kappa shape index (κ1) is 65.1. The highest BCUT2D eigenvalue weighted by atomic mass is 79.9. The lowest BCUT2D eigenvalue weighted by Gasteiger charge is -2.39. The number of carbonyl (C=O) groups is 8. The number of fused-ring (bicyclic) bond motifs is 2. The van der Waals surface area contributed by atoms with Gasteiger partial charge < -0.3 is 50.5 Å². The molecule has 0 aliphatic carbocycles. The number of nitrogens with zero attached hydrogens (tertiary/aromatic N) is 5. The van der Waals surface area contributed by atoms with Gasteiger partial charge in [-0.25, -0.2) is 4.79 Å². The van der Waals surface area contributed by atoms with Gasteiger partial charge in [-0.05, 0) is 88.6 Å². The molecule has 2 aliphatic rings. The van der Waals surface area contributed by atoms with Crippen LogP contribution in [0.25, 0.3) is 0 Å². The van der Waals surface area contributed by atoms with E-state index in [2.05, 4.69) is 31.9 Å². The molecule has 2 aromatic rings. The second-order valence-electron chi connectivity index (χ2n) is 22.7. The fraction of sp³-hybridized carbons (Fsp3) is 0.655. The van der Waals surface area contributed by atoms with Crippen LogP contribution in [0.1, 0.15) is 119 Å². The molecule has 2 aromatic carbocycles. The Balaban J connectivity index is 1.91. The Morgan fingerprint density at radius 1 is 0.705 bits per heavy atom. The zero-order valence-corrected chi connectivity index (χ0v) is 50.0. The molecule has 12 atom stereocenters. The number of carbonyl (C=O) groups excluding carboxylic acids is 8. The van der Waals surface area contributed by atoms with Crippen LogP contribution < -0.4 is 16.0 Å². The molecule has 19 nitrogen and oxygen atoms in total. The lowest BCUT2D eigenvalue weighted by Crippen LogP contribution is -2.62. The number of amides is 7. The van der Waals surface area contributed by atoms with E-state index in [1.165, 1.54) is 56.7 Å². The zero-order valence-electron chi connectivity index (χ0n) is 48.5. The molecule has 2 fully saturated rings. The molecule has 4 rings (SSSR count). The van der Waals surface area contributed by atoms with E-state index in [4.69, 9.17) is 4.74 Å². The van der Waals surface area contributed by atoms with Gasteiger partial charge in [0.05, 0.1) is 23.6 Å². The number of hydrogen-bond donors (Lipinski definition) is 5.